The lowest BCUT2D eigenvalue weighted by Crippen LogP contribution is -3.04. The molecule has 4 heteroatoms. The van der Waals surface area contributed by atoms with E-state index in [1.165, 1.54) is 10.6 Å². The highest BCUT2D eigenvalue weighted by atomic mass is 16.8. The molecule has 2 saturated heterocycles. The number of nitrogens with one attached hydrogen (secondary N) is 1. The maximum atomic E-state index is 5.56. The molecule has 0 spiro atoms. The highest BCUT2D eigenvalue weighted by Crippen LogP contribution is 2.39. The summed E-state index contributed by atoms with van der Waals surface area (Å²) in [5.74, 6) is 1.06. The molecule has 0 aromatic rings. The normalized spacial score (nSPS) is 43.9. The van der Waals surface area contributed by atoms with Gasteiger partial charge in [-0.25, -0.2) is 4.99 Å². The molecule has 0 saturated carbocycles. The maximum Gasteiger partial charge on any atom is 0.193 e. The zero-order valence-corrected chi connectivity index (χ0v) is 10.3. The first-order chi connectivity index (χ1) is 8.25. The second-order valence-corrected chi connectivity index (χ2v) is 5.07. The van der Waals surface area contributed by atoms with Crippen LogP contribution < -0.4 is 4.90 Å². The number of rotatable bonds is 3. The lowest BCUT2D eigenvalue weighted by Gasteiger charge is -2.22. The average Bonchev–Trinajstić information content (AvgIpc) is 3.01. The highest BCUT2D eigenvalue weighted by Gasteiger charge is 2.50. The van der Waals surface area contributed by atoms with Gasteiger partial charge in [0, 0.05) is 12.3 Å². The van der Waals surface area contributed by atoms with Gasteiger partial charge in [-0.3, -0.25) is 4.90 Å². The number of aliphatic imine (C=N–C) groups is 1. The van der Waals surface area contributed by atoms with Crippen molar-refractivity contribution in [2.24, 2.45) is 16.8 Å². The number of hydrogen-bond acceptors (Lipinski definition) is 3. The molecule has 17 heavy (non-hydrogen) atoms. The number of quaternary nitrogens is 1. The van der Waals surface area contributed by atoms with Crippen LogP contribution in [0.25, 0.3) is 0 Å². The van der Waals surface area contributed by atoms with Crippen molar-refractivity contribution < 1.29 is 14.4 Å². The molecule has 3 heterocycles. The fourth-order valence-electron chi connectivity index (χ4n) is 2.45. The molecule has 3 aliphatic rings. The van der Waals surface area contributed by atoms with Crippen LogP contribution in [0.15, 0.2) is 29.0 Å². The van der Waals surface area contributed by atoms with Gasteiger partial charge in [0.05, 0.1) is 19.9 Å². The van der Waals surface area contributed by atoms with Crippen molar-refractivity contribution in [3.63, 3.8) is 0 Å². The van der Waals surface area contributed by atoms with E-state index in [-0.39, 0.29) is 6.29 Å². The van der Waals surface area contributed by atoms with Gasteiger partial charge >= 0.3 is 0 Å². The van der Waals surface area contributed by atoms with Crippen molar-refractivity contribution in [1.29, 1.82) is 0 Å². The highest BCUT2D eigenvalue weighted by molar-refractivity contribution is 5.48. The van der Waals surface area contributed by atoms with Crippen LogP contribution in [0.4, 0.5) is 0 Å². The lowest BCUT2D eigenvalue weighted by molar-refractivity contribution is -0.727. The molecule has 0 aromatic heterocycles. The Kier molecular flexibility index (Phi) is 2.86. The summed E-state index contributed by atoms with van der Waals surface area (Å²) in [6, 6.07) is 0. The first kappa shape index (κ1) is 11.1. The van der Waals surface area contributed by atoms with Gasteiger partial charge in [-0.05, 0) is 5.92 Å². The third kappa shape index (κ3) is 2.20. The molecule has 4 nitrogen and oxygen atoms in total. The first-order valence-electron chi connectivity index (χ1n) is 6.25. The van der Waals surface area contributed by atoms with E-state index in [1.54, 1.807) is 0 Å². The van der Waals surface area contributed by atoms with E-state index in [0.717, 1.165) is 13.0 Å². The Morgan fingerprint density at radius 3 is 3.24 bits per heavy atom. The van der Waals surface area contributed by atoms with Gasteiger partial charge in [0.15, 0.2) is 12.6 Å². The van der Waals surface area contributed by atoms with Crippen LogP contribution in [0.1, 0.15) is 13.3 Å². The fourth-order valence-corrected chi connectivity index (χ4v) is 2.45. The van der Waals surface area contributed by atoms with Crippen molar-refractivity contribution >= 4 is 6.34 Å². The van der Waals surface area contributed by atoms with Gasteiger partial charge in [-0.2, -0.15) is 0 Å². The lowest BCUT2D eigenvalue weighted by atomic mass is 9.89. The van der Waals surface area contributed by atoms with Crippen molar-refractivity contribution in [3.05, 3.63) is 24.0 Å². The zero-order valence-electron chi connectivity index (χ0n) is 10.3. The monoisotopic (exact) mass is 235 g/mol. The van der Waals surface area contributed by atoms with E-state index in [2.05, 4.69) is 31.1 Å². The standard InChI is InChI=1S/C13H18N2O2/c1-9-10(7-16-13-12(9)17-13)4-3-5-11-6-14-8-15(11)2/h3-4,6,8-10,12-13H,5,7H2,1-2H3/p+1. The molecule has 0 aromatic carbocycles. The van der Waals surface area contributed by atoms with Crippen molar-refractivity contribution in [1.82, 2.24) is 0 Å². The van der Waals surface area contributed by atoms with E-state index >= 15 is 0 Å². The Morgan fingerprint density at radius 2 is 2.47 bits per heavy atom. The summed E-state index contributed by atoms with van der Waals surface area (Å²) in [6.45, 7) is 3.04. The van der Waals surface area contributed by atoms with Crippen LogP contribution >= 0.6 is 0 Å². The minimum absolute atomic E-state index is 0.0937. The first-order valence-corrected chi connectivity index (χ1v) is 6.25. The third-order valence-corrected chi connectivity index (χ3v) is 3.86. The van der Waals surface area contributed by atoms with Crippen LogP contribution in [0.2, 0.25) is 0 Å². The van der Waals surface area contributed by atoms with E-state index in [0.29, 0.717) is 17.9 Å². The van der Waals surface area contributed by atoms with Gasteiger partial charge in [0.2, 0.25) is 0 Å². The van der Waals surface area contributed by atoms with Gasteiger partial charge in [-0.15, -0.1) is 0 Å². The van der Waals surface area contributed by atoms with Crippen molar-refractivity contribution in [3.8, 4) is 0 Å². The molecule has 92 valence electrons. The van der Waals surface area contributed by atoms with Crippen LogP contribution in [0.5, 0.6) is 0 Å². The number of hydrogen-bond donors (Lipinski definition) is 1. The minimum Gasteiger partial charge on any atom is -0.349 e. The number of ether oxygens (including phenoxy) is 2. The third-order valence-electron chi connectivity index (χ3n) is 3.86. The topological polar surface area (TPSA) is 38.6 Å². The van der Waals surface area contributed by atoms with Crippen molar-refractivity contribution in [2.45, 2.75) is 25.7 Å². The smallest absolute Gasteiger partial charge is 0.193 e. The molecular weight excluding hydrogens is 216 g/mol. The van der Waals surface area contributed by atoms with Crippen molar-refractivity contribution in [2.75, 3.05) is 13.7 Å². The summed E-state index contributed by atoms with van der Waals surface area (Å²) < 4.78 is 11.0. The number of epoxide rings is 1. The number of fused-ring (bicyclic) bond motifs is 1. The van der Waals surface area contributed by atoms with E-state index < -0.39 is 0 Å². The van der Waals surface area contributed by atoms with Gasteiger partial charge in [0.1, 0.15) is 11.8 Å². The molecular formula is C13H19N2O2+. The molecule has 0 amide bonds. The summed E-state index contributed by atoms with van der Waals surface area (Å²) >= 11 is 0. The van der Waals surface area contributed by atoms with Crippen LogP contribution in [0, 0.1) is 11.8 Å². The predicted molar refractivity (Wildman–Crippen MR) is 64.5 cm³/mol. The Labute approximate surface area is 102 Å². The molecule has 0 bridgehead atoms. The van der Waals surface area contributed by atoms with Gasteiger partial charge in [0.25, 0.3) is 0 Å². The van der Waals surface area contributed by atoms with E-state index in [9.17, 15) is 0 Å². The Morgan fingerprint density at radius 1 is 1.59 bits per heavy atom. The average molecular weight is 235 g/mol. The predicted octanol–water partition coefficient (Wildman–Crippen LogP) is 0.338. The minimum atomic E-state index is 0.0937. The summed E-state index contributed by atoms with van der Waals surface area (Å²) in [5.41, 5.74) is 1.31. The van der Waals surface area contributed by atoms with Gasteiger partial charge in [-0.1, -0.05) is 19.1 Å². The van der Waals surface area contributed by atoms with Crippen LogP contribution in [-0.4, -0.2) is 32.4 Å². The molecule has 0 radical (unpaired) electrons. The van der Waals surface area contributed by atoms with E-state index in [4.69, 9.17) is 9.47 Å². The molecule has 5 atom stereocenters. The van der Waals surface area contributed by atoms with E-state index in [1.807, 2.05) is 12.5 Å². The second kappa shape index (κ2) is 4.37. The van der Waals surface area contributed by atoms with Gasteiger partial charge < -0.3 is 9.47 Å². The fraction of sp³-hybridized carbons (Fsp3) is 0.615. The Hall–Kier alpha value is -0.970. The molecule has 2 fully saturated rings. The Bertz CT molecular complexity index is 389. The number of allylic oxidation sites excluding steroid dienone is 1. The second-order valence-electron chi connectivity index (χ2n) is 5.07. The SMILES string of the molecule is CC1C(C=CCC2=CN=C[NH+]2C)COC2OC21. The quantitative estimate of drug-likeness (QED) is 0.566. The zero-order chi connectivity index (χ0) is 11.8. The van der Waals surface area contributed by atoms with Crippen LogP contribution in [0.3, 0.4) is 0 Å². The molecule has 0 aliphatic carbocycles. The maximum absolute atomic E-state index is 5.56. The largest absolute Gasteiger partial charge is 0.349 e. The summed E-state index contributed by atoms with van der Waals surface area (Å²) in [4.78, 5) is 5.41. The Balaban J connectivity index is 1.52. The molecule has 3 rings (SSSR count). The summed E-state index contributed by atoms with van der Waals surface area (Å²) in [5, 5.41) is 0. The molecule has 3 aliphatic heterocycles. The number of nitrogens with zero attached hydrogens (tertiary/aromatic N) is 1. The molecule has 5 unspecified atom stereocenters. The van der Waals surface area contributed by atoms with Crippen LogP contribution in [-0.2, 0) is 9.47 Å². The summed E-state index contributed by atoms with van der Waals surface area (Å²) in [7, 11) is 2.10. The molecule has 1 N–H and O–H groups in total. The summed E-state index contributed by atoms with van der Waals surface area (Å²) in [6.07, 6.45) is 9.76.